The monoisotopic (exact) mass is 423 g/mol. The topological polar surface area (TPSA) is 96.0 Å². The Morgan fingerprint density at radius 2 is 1.71 bits per heavy atom. The maximum absolute atomic E-state index is 12.8. The molecule has 1 N–H and O–H groups in total. The van der Waals surface area contributed by atoms with E-state index in [1.807, 2.05) is 31.2 Å². The molecule has 0 aliphatic carbocycles. The van der Waals surface area contributed by atoms with Gasteiger partial charge in [0, 0.05) is 13.6 Å². The third-order valence-electron chi connectivity index (χ3n) is 5.36. The molecule has 0 spiro atoms. The van der Waals surface area contributed by atoms with Crippen molar-refractivity contribution >= 4 is 23.8 Å². The van der Waals surface area contributed by atoms with Gasteiger partial charge in [-0.3, -0.25) is 19.3 Å². The van der Waals surface area contributed by atoms with Crippen molar-refractivity contribution in [1.29, 1.82) is 0 Å². The maximum atomic E-state index is 12.8. The van der Waals surface area contributed by atoms with E-state index in [0.29, 0.717) is 12.1 Å². The largest absolute Gasteiger partial charge is 0.454 e. The number of hydrogen-bond acceptors (Lipinski definition) is 5. The number of benzene rings is 2. The van der Waals surface area contributed by atoms with Crippen LogP contribution in [0.3, 0.4) is 0 Å². The van der Waals surface area contributed by atoms with Gasteiger partial charge in [0.2, 0.25) is 0 Å². The molecule has 0 radical (unpaired) electrons. The average Bonchev–Trinajstić information content (AvgIpc) is 2.98. The molecule has 2 aromatic carbocycles. The van der Waals surface area contributed by atoms with Crippen molar-refractivity contribution in [2.45, 2.75) is 25.9 Å². The summed E-state index contributed by atoms with van der Waals surface area (Å²) in [4.78, 5) is 51.9. The molecule has 1 heterocycles. The molecule has 1 atom stereocenters. The van der Waals surface area contributed by atoms with Crippen LogP contribution < -0.4 is 5.32 Å². The first-order valence-corrected chi connectivity index (χ1v) is 9.86. The van der Waals surface area contributed by atoms with Crippen LogP contribution in [-0.2, 0) is 31.2 Å². The van der Waals surface area contributed by atoms with Crippen LogP contribution in [0.15, 0.2) is 54.6 Å². The number of nitrogens with one attached hydrogen (secondary N) is 1. The zero-order chi connectivity index (χ0) is 22.6. The number of carbonyl (C=O) groups is 4. The third-order valence-corrected chi connectivity index (χ3v) is 5.36. The molecule has 1 saturated heterocycles. The molecule has 8 nitrogen and oxygen atoms in total. The Hall–Kier alpha value is -3.68. The first kappa shape index (κ1) is 22.0. The highest BCUT2D eigenvalue weighted by molar-refractivity contribution is 6.08. The number of esters is 1. The Balaban J connectivity index is 1.55. The number of ether oxygens (including phenoxy) is 1. The molecule has 8 heteroatoms. The number of carbonyl (C=O) groups excluding carboxylic acids is 4. The molecule has 1 fully saturated rings. The lowest BCUT2D eigenvalue weighted by atomic mass is 9.92. The number of hydrogen-bond donors (Lipinski definition) is 1. The quantitative estimate of drug-likeness (QED) is 0.543. The minimum atomic E-state index is -1.26. The van der Waals surface area contributed by atoms with Crippen LogP contribution in [0, 0.1) is 6.92 Å². The fourth-order valence-corrected chi connectivity index (χ4v) is 3.37. The van der Waals surface area contributed by atoms with E-state index >= 15 is 0 Å². The molecule has 4 amide bonds. The van der Waals surface area contributed by atoms with E-state index in [0.717, 1.165) is 16.0 Å². The van der Waals surface area contributed by atoms with E-state index in [4.69, 9.17) is 4.74 Å². The lowest BCUT2D eigenvalue weighted by Gasteiger charge is -2.22. The normalized spacial score (nSPS) is 18.0. The molecule has 31 heavy (non-hydrogen) atoms. The van der Waals surface area contributed by atoms with Crippen LogP contribution in [0.25, 0.3) is 0 Å². The summed E-state index contributed by atoms with van der Waals surface area (Å²) in [5.41, 5.74) is 1.39. The van der Waals surface area contributed by atoms with Gasteiger partial charge in [0.1, 0.15) is 12.1 Å². The molecular formula is C23H25N3O5. The van der Waals surface area contributed by atoms with E-state index < -0.39 is 36.6 Å². The van der Waals surface area contributed by atoms with Crippen molar-refractivity contribution in [3.8, 4) is 0 Å². The van der Waals surface area contributed by atoms with Gasteiger partial charge in [0.05, 0.1) is 0 Å². The van der Waals surface area contributed by atoms with Crippen LogP contribution in [0.5, 0.6) is 0 Å². The molecule has 0 saturated carbocycles. The van der Waals surface area contributed by atoms with Crippen LogP contribution >= 0.6 is 0 Å². The molecule has 0 bridgehead atoms. The molecule has 0 unspecified atom stereocenters. The van der Waals surface area contributed by atoms with Crippen molar-refractivity contribution in [3.05, 3.63) is 71.3 Å². The van der Waals surface area contributed by atoms with E-state index in [2.05, 4.69) is 5.32 Å². The van der Waals surface area contributed by atoms with Gasteiger partial charge in [-0.25, -0.2) is 4.79 Å². The SMILES string of the molecule is Cc1ccccc1CN(C)C(=O)COC(=O)CN1C(=O)N[C@](C)(c2ccccc2)C1=O. The number of rotatable bonds is 7. The minimum absolute atomic E-state index is 0.380. The Kier molecular flexibility index (Phi) is 6.39. The van der Waals surface area contributed by atoms with Crippen molar-refractivity contribution in [1.82, 2.24) is 15.1 Å². The fraction of sp³-hybridized carbons (Fsp3) is 0.304. The Morgan fingerprint density at radius 1 is 1.06 bits per heavy atom. The molecule has 2 aromatic rings. The number of likely N-dealkylation sites (N-methyl/N-ethyl adjacent to an activating group) is 1. The second-order valence-electron chi connectivity index (χ2n) is 7.65. The highest BCUT2D eigenvalue weighted by Gasteiger charge is 2.49. The molecule has 1 aliphatic rings. The second kappa shape index (κ2) is 8.99. The molecule has 1 aliphatic heterocycles. The number of nitrogens with zero attached hydrogens (tertiary/aromatic N) is 2. The number of aryl methyl sites for hydroxylation is 1. The van der Waals surface area contributed by atoms with Gasteiger partial charge in [0.15, 0.2) is 6.61 Å². The number of amides is 4. The standard InChI is InChI=1S/C23H25N3O5/c1-16-9-7-8-10-17(16)13-25(3)19(27)15-31-20(28)14-26-21(29)23(2,24-22(26)30)18-11-5-4-6-12-18/h4-12H,13-15H2,1-3H3,(H,24,30)/t23-/m1/s1. The predicted octanol–water partition coefficient (Wildman–Crippen LogP) is 1.96. The first-order valence-electron chi connectivity index (χ1n) is 9.86. The van der Waals surface area contributed by atoms with Gasteiger partial charge < -0.3 is 15.0 Å². The van der Waals surface area contributed by atoms with Crippen LogP contribution in [0.2, 0.25) is 0 Å². The Bertz CT molecular complexity index is 1010. The van der Waals surface area contributed by atoms with Crippen molar-refractivity contribution < 1.29 is 23.9 Å². The van der Waals surface area contributed by atoms with Crippen LogP contribution in [-0.4, -0.2) is 53.8 Å². The average molecular weight is 423 g/mol. The number of imide groups is 1. The highest BCUT2D eigenvalue weighted by atomic mass is 16.5. The van der Waals surface area contributed by atoms with Gasteiger partial charge in [-0.05, 0) is 30.5 Å². The molecule has 162 valence electrons. The zero-order valence-corrected chi connectivity index (χ0v) is 17.8. The smallest absolute Gasteiger partial charge is 0.326 e. The lowest BCUT2D eigenvalue weighted by Crippen LogP contribution is -2.42. The zero-order valence-electron chi connectivity index (χ0n) is 17.8. The minimum Gasteiger partial charge on any atom is -0.454 e. The van der Waals surface area contributed by atoms with Gasteiger partial charge in [-0.15, -0.1) is 0 Å². The first-order chi connectivity index (χ1) is 14.7. The molecule has 3 rings (SSSR count). The summed E-state index contributed by atoms with van der Waals surface area (Å²) in [6.07, 6.45) is 0. The highest BCUT2D eigenvalue weighted by Crippen LogP contribution is 2.28. The molecular weight excluding hydrogens is 398 g/mol. The van der Waals surface area contributed by atoms with E-state index in [1.54, 1.807) is 44.3 Å². The molecule has 0 aromatic heterocycles. The van der Waals surface area contributed by atoms with Crippen molar-refractivity contribution in [3.63, 3.8) is 0 Å². The Morgan fingerprint density at radius 3 is 2.39 bits per heavy atom. The lowest BCUT2D eigenvalue weighted by molar-refractivity contribution is -0.153. The number of urea groups is 1. The van der Waals surface area contributed by atoms with Crippen molar-refractivity contribution in [2.75, 3.05) is 20.2 Å². The second-order valence-corrected chi connectivity index (χ2v) is 7.65. The van der Waals surface area contributed by atoms with E-state index in [-0.39, 0.29) is 5.91 Å². The summed E-state index contributed by atoms with van der Waals surface area (Å²) in [6.45, 7) is 2.88. The van der Waals surface area contributed by atoms with Gasteiger partial charge in [-0.1, -0.05) is 54.6 Å². The fourth-order valence-electron chi connectivity index (χ4n) is 3.37. The summed E-state index contributed by atoms with van der Waals surface area (Å²) < 4.78 is 5.02. The maximum Gasteiger partial charge on any atom is 0.326 e. The predicted molar refractivity (Wildman–Crippen MR) is 113 cm³/mol. The van der Waals surface area contributed by atoms with Gasteiger partial charge in [0.25, 0.3) is 11.8 Å². The Labute approximate surface area is 180 Å². The third kappa shape index (κ3) is 4.74. The summed E-state index contributed by atoms with van der Waals surface area (Å²) in [7, 11) is 1.62. The summed E-state index contributed by atoms with van der Waals surface area (Å²) >= 11 is 0. The summed E-state index contributed by atoms with van der Waals surface area (Å²) in [5, 5.41) is 2.62. The van der Waals surface area contributed by atoms with Gasteiger partial charge >= 0.3 is 12.0 Å². The van der Waals surface area contributed by atoms with Crippen molar-refractivity contribution in [2.24, 2.45) is 0 Å². The summed E-state index contributed by atoms with van der Waals surface area (Å²) in [5.74, 6) is -1.77. The van der Waals surface area contributed by atoms with E-state index in [1.165, 1.54) is 4.90 Å². The van der Waals surface area contributed by atoms with Crippen LogP contribution in [0.1, 0.15) is 23.6 Å². The van der Waals surface area contributed by atoms with Crippen LogP contribution in [0.4, 0.5) is 4.79 Å². The summed E-state index contributed by atoms with van der Waals surface area (Å²) in [6, 6.07) is 15.8. The van der Waals surface area contributed by atoms with E-state index in [9.17, 15) is 19.2 Å². The van der Waals surface area contributed by atoms with Gasteiger partial charge in [-0.2, -0.15) is 0 Å².